The molecule has 1 fully saturated rings. The van der Waals surface area contributed by atoms with Crippen molar-refractivity contribution in [2.45, 2.75) is 18.3 Å². The van der Waals surface area contributed by atoms with Crippen molar-refractivity contribution < 1.29 is 13.2 Å². The van der Waals surface area contributed by atoms with Crippen LogP contribution in [0.3, 0.4) is 0 Å². The van der Waals surface area contributed by atoms with Gasteiger partial charge in [0.15, 0.2) is 0 Å². The molecule has 0 aliphatic heterocycles. The third kappa shape index (κ3) is 1.19. The smallest absolute Gasteiger partial charge is 0.207 e. The second-order valence-corrected chi connectivity index (χ2v) is 3.07. The summed E-state index contributed by atoms with van der Waals surface area (Å²) in [7, 11) is 0. The van der Waals surface area contributed by atoms with Crippen molar-refractivity contribution in [3.63, 3.8) is 0 Å². The highest BCUT2D eigenvalue weighted by Gasteiger charge is 2.57. The Morgan fingerprint density at radius 2 is 2.00 bits per heavy atom. The molecule has 0 nitrogen and oxygen atoms in total. The summed E-state index contributed by atoms with van der Waals surface area (Å²) >= 11 is 0. The fraction of sp³-hybridized carbons (Fsp3) is 0.333. The maximum Gasteiger partial charge on any atom is 0.255 e. The summed E-state index contributed by atoms with van der Waals surface area (Å²) in [5, 5.41) is 0. The first-order valence-corrected chi connectivity index (χ1v) is 3.73. The van der Waals surface area contributed by atoms with Crippen molar-refractivity contribution in [2.75, 3.05) is 0 Å². The van der Waals surface area contributed by atoms with E-state index in [2.05, 4.69) is 0 Å². The van der Waals surface area contributed by atoms with Gasteiger partial charge in [0.1, 0.15) is 5.82 Å². The molecule has 1 saturated carbocycles. The van der Waals surface area contributed by atoms with Crippen LogP contribution in [-0.4, -0.2) is 5.92 Å². The molecule has 1 aromatic rings. The molecule has 2 rings (SSSR count). The van der Waals surface area contributed by atoms with Crippen molar-refractivity contribution in [3.8, 4) is 0 Å². The summed E-state index contributed by atoms with van der Waals surface area (Å²) < 4.78 is 37.5. The summed E-state index contributed by atoms with van der Waals surface area (Å²) in [6.45, 7) is 0. The Kier molecular flexibility index (Phi) is 1.43. The summed E-state index contributed by atoms with van der Waals surface area (Å²) in [5.41, 5.74) is 0.403. The fourth-order valence-electron chi connectivity index (χ4n) is 1.30. The molecule has 0 saturated heterocycles. The molecule has 1 atom stereocenters. The Morgan fingerprint density at radius 3 is 2.50 bits per heavy atom. The molecule has 0 spiro atoms. The maximum atomic E-state index is 12.6. The van der Waals surface area contributed by atoms with E-state index >= 15 is 0 Å². The maximum absolute atomic E-state index is 12.6. The monoisotopic (exact) mass is 172 g/mol. The van der Waals surface area contributed by atoms with Crippen molar-refractivity contribution in [3.05, 3.63) is 35.6 Å². The first-order valence-electron chi connectivity index (χ1n) is 3.73. The highest BCUT2D eigenvalue weighted by molar-refractivity contribution is 5.29. The number of hydrogen-bond donors (Lipinski definition) is 0. The van der Waals surface area contributed by atoms with E-state index in [1.807, 2.05) is 0 Å². The van der Waals surface area contributed by atoms with E-state index in [0.717, 1.165) is 0 Å². The second kappa shape index (κ2) is 2.25. The average Bonchev–Trinajstić information content (AvgIpc) is 2.60. The molecule has 0 heterocycles. The van der Waals surface area contributed by atoms with Crippen LogP contribution in [0.25, 0.3) is 0 Å². The fourth-order valence-corrected chi connectivity index (χ4v) is 1.30. The Bertz CT molecular complexity index is 306. The van der Waals surface area contributed by atoms with Crippen LogP contribution in [0.4, 0.5) is 13.2 Å². The lowest BCUT2D eigenvalue weighted by molar-refractivity contribution is 0.112. The molecule has 1 aliphatic rings. The SMILES string of the molecule is Fc1cccc(C2CC2(F)F)c1. The molecule has 0 radical (unpaired) electrons. The topological polar surface area (TPSA) is 0 Å². The van der Waals surface area contributed by atoms with Gasteiger partial charge in [0.05, 0.1) is 5.92 Å². The van der Waals surface area contributed by atoms with Gasteiger partial charge in [-0.3, -0.25) is 0 Å². The van der Waals surface area contributed by atoms with Gasteiger partial charge in [0.2, 0.25) is 0 Å². The number of hydrogen-bond acceptors (Lipinski definition) is 0. The minimum absolute atomic E-state index is 0.142. The van der Waals surface area contributed by atoms with Gasteiger partial charge in [0.25, 0.3) is 5.92 Å². The number of benzene rings is 1. The minimum Gasteiger partial charge on any atom is -0.207 e. The van der Waals surface area contributed by atoms with Crippen molar-refractivity contribution in [1.82, 2.24) is 0 Å². The largest absolute Gasteiger partial charge is 0.255 e. The first-order chi connectivity index (χ1) is 5.59. The normalized spacial score (nSPS) is 25.4. The molecule has 0 bridgehead atoms. The highest BCUT2D eigenvalue weighted by Crippen LogP contribution is 2.55. The second-order valence-electron chi connectivity index (χ2n) is 3.07. The van der Waals surface area contributed by atoms with Crippen molar-refractivity contribution >= 4 is 0 Å². The van der Waals surface area contributed by atoms with Crippen LogP contribution >= 0.6 is 0 Å². The molecular formula is C9H7F3. The van der Waals surface area contributed by atoms with E-state index in [0.29, 0.717) is 5.56 Å². The number of rotatable bonds is 1. The Balaban J connectivity index is 2.26. The van der Waals surface area contributed by atoms with Crippen LogP contribution in [-0.2, 0) is 0 Å². The first kappa shape index (κ1) is 7.65. The molecule has 3 heteroatoms. The molecule has 1 aromatic carbocycles. The molecule has 0 N–H and O–H groups in total. The number of alkyl halides is 2. The lowest BCUT2D eigenvalue weighted by Gasteiger charge is -1.97. The standard InChI is InChI=1S/C9H7F3/c10-7-3-1-2-6(4-7)8-5-9(8,11)12/h1-4,8H,5H2. The molecule has 0 amide bonds. The van der Waals surface area contributed by atoms with Gasteiger partial charge >= 0.3 is 0 Å². The Labute approximate surface area is 68.0 Å². The van der Waals surface area contributed by atoms with Gasteiger partial charge in [-0.1, -0.05) is 12.1 Å². The highest BCUT2D eigenvalue weighted by atomic mass is 19.3. The van der Waals surface area contributed by atoms with Gasteiger partial charge < -0.3 is 0 Å². The van der Waals surface area contributed by atoms with E-state index < -0.39 is 17.7 Å². The summed E-state index contributed by atoms with van der Waals surface area (Å²) in [4.78, 5) is 0. The minimum atomic E-state index is -2.60. The van der Waals surface area contributed by atoms with Crippen molar-refractivity contribution in [1.29, 1.82) is 0 Å². The van der Waals surface area contributed by atoms with Gasteiger partial charge in [0, 0.05) is 6.42 Å². The predicted octanol–water partition coefficient (Wildman–Crippen LogP) is 2.95. The molecule has 64 valence electrons. The average molecular weight is 172 g/mol. The third-order valence-corrected chi connectivity index (χ3v) is 2.08. The molecule has 1 aliphatic carbocycles. The zero-order valence-electron chi connectivity index (χ0n) is 6.23. The summed E-state index contributed by atoms with van der Waals surface area (Å²) in [5.74, 6) is -3.81. The van der Waals surface area contributed by atoms with E-state index in [-0.39, 0.29) is 6.42 Å². The lowest BCUT2D eigenvalue weighted by atomic mass is 10.1. The van der Waals surface area contributed by atoms with Gasteiger partial charge in [-0.15, -0.1) is 0 Å². The van der Waals surface area contributed by atoms with E-state index in [4.69, 9.17) is 0 Å². The van der Waals surface area contributed by atoms with Crippen LogP contribution in [0, 0.1) is 5.82 Å². The third-order valence-electron chi connectivity index (χ3n) is 2.08. The van der Waals surface area contributed by atoms with E-state index in [1.165, 1.54) is 24.3 Å². The Morgan fingerprint density at radius 1 is 1.33 bits per heavy atom. The van der Waals surface area contributed by atoms with Gasteiger partial charge in [-0.05, 0) is 17.7 Å². The van der Waals surface area contributed by atoms with E-state index in [9.17, 15) is 13.2 Å². The zero-order valence-corrected chi connectivity index (χ0v) is 6.23. The van der Waals surface area contributed by atoms with Crippen LogP contribution in [0.15, 0.2) is 24.3 Å². The zero-order chi connectivity index (χ0) is 8.77. The van der Waals surface area contributed by atoms with E-state index in [1.54, 1.807) is 0 Å². The van der Waals surface area contributed by atoms with Crippen LogP contribution < -0.4 is 0 Å². The molecule has 1 unspecified atom stereocenters. The Hall–Kier alpha value is -0.990. The number of halogens is 3. The van der Waals surface area contributed by atoms with Crippen molar-refractivity contribution in [2.24, 2.45) is 0 Å². The molecular weight excluding hydrogens is 165 g/mol. The molecule has 0 aromatic heterocycles. The predicted molar refractivity (Wildman–Crippen MR) is 38.7 cm³/mol. The van der Waals surface area contributed by atoms with Crippen LogP contribution in [0.1, 0.15) is 17.9 Å². The quantitative estimate of drug-likeness (QED) is 0.610. The van der Waals surface area contributed by atoms with Crippen LogP contribution in [0.5, 0.6) is 0 Å². The van der Waals surface area contributed by atoms with Gasteiger partial charge in [-0.25, -0.2) is 13.2 Å². The summed E-state index contributed by atoms with van der Waals surface area (Å²) in [6, 6.07) is 5.42. The summed E-state index contributed by atoms with van der Waals surface area (Å²) in [6.07, 6.45) is -0.142. The van der Waals surface area contributed by atoms with Crippen LogP contribution in [0.2, 0.25) is 0 Å². The molecule has 12 heavy (non-hydrogen) atoms. The van der Waals surface area contributed by atoms with Gasteiger partial charge in [-0.2, -0.15) is 0 Å². The lowest BCUT2D eigenvalue weighted by Crippen LogP contribution is -1.92.